The van der Waals surface area contributed by atoms with Crippen molar-refractivity contribution in [3.05, 3.63) is 33.8 Å². The lowest BCUT2D eigenvalue weighted by Gasteiger charge is -2.37. The highest BCUT2D eigenvalue weighted by Crippen LogP contribution is 2.38. The second-order valence-corrected chi connectivity index (χ2v) is 7.72. The van der Waals surface area contributed by atoms with Gasteiger partial charge in [0.15, 0.2) is 0 Å². The van der Waals surface area contributed by atoms with Crippen LogP contribution in [0, 0.1) is 11.8 Å². The lowest BCUT2D eigenvalue weighted by molar-refractivity contribution is 0.192. The summed E-state index contributed by atoms with van der Waals surface area (Å²) in [4.78, 5) is 0. The molecule has 20 heavy (non-hydrogen) atoms. The molecule has 0 bridgehead atoms. The van der Waals surface area contributed by atoms with E-state index >= 15 is 0 Å². The van der Waals surface area contributed by atoms with E-state index in [0.29, 0.717) is 6.04 Å². The summed E-state index contributed by atoms with van der Waals surface area (Å²) >= 11 is 3.71. The Bertz CT molecular complexity index is 468. The summed E-state index contributed by atoms with van der Waals surface area (Å²) in [5.74, 6) is 1.66. The molecule has 2 aliphatic carbocycles. The normalized spacial score (nSPS) is 29.7. The predicted octanol–water partition coefficient (Wildman–Crippen LogP) is 5.24. The van der Waals surface area contributed by atoms with Gasteiger partial charge in [-0.2, -0.15) is 0 Å². The zero-order valence-corrected chi connectivity index (χ0v) is 14.2. The van der Waals surface area contributed by atoms with E-state index in [1.165, 1.54) is 54.1 Å². The highest BCUT2D eigenvalue weighted by Gasteiger charge is 2.32. The smallest absolute Gasteiger partial charge is 0.0329 e. The van der Waals surface area contributed by atoms with E-state index in [9.17, 15) is 0 Å². The Morgan fingerprint density at radius 1 is 1.15 bits per heavy atom. The first-order valence-electron chi connectivity index (χ1n) is 8.20. The molecule has 1 aromatic rings. The van der Waals surface area contributed by atoms with Gasteiger partial charge in [0.2, 0.25) is 0 Å². The zero-order chi connectivity index (χ0) is 14.1. The molecule has 2 aliphatic rings. The Morgan fingerprint density at radius 3 is 2.75 bits per heavy atom. The Hall–Kier alpha value is -0.340. The zero-order valence-electron chi connectivity index (χ0n) is 12.7. The average molecular weight is 336 g/mol. The van der Waals surface area contributed by atoms with Gasteiger partial charge >= 0.3 is 0 Å². The molecular weight excluding hydrogens is 310 g/mol. The Kier molecular flexibility index (Phi) is 4.52. The monoisotopic (exact) mass is 335 g/mol. The van der Waals surface area contributed by atoms with Crippen molar-refractivity contribution in [3.63, 3.8) is 0 Å². The topological polar surface area (TPSA) is 12.0 Å². The number of benzene rings is 1. The maximum absolute atomic E-state index is 4.01. The summed E-state index contributed by atoms with van der Waals surface area (Å²) in [6.07, 6.45) is 8.08. The van der Waals surface area contributed by atoms with E-state index in [1.54, 1.807) is 0 Å². The number of hydrogen-bond donors (Lipinski definition) is 1. The van der Waals surface area contributed by atoms with Crippen LogP contribution in [0.15, 0.2) is 22.7 Å². The van der Waals surface area contributed by atoms with Crippen molar-refractivity contribution < 1.29 is 0 Å². The van der Waals surface area contributed by atoms with Crippen molar-refractivity contribution in [2.45, 2.75) is 64.5 Å². The second kappa shape index (κ2) is 6.19. The summed E-state index contributed by atoms with van der Waals surface area (Å²) in [6, 6.07) is 7.98. The Labute approximate surface area is 131 Å². The second-order valence-electron chi connectivity index (χ2n) is 6.86. The van der Waals surface area contributed by atoms with Gasteiger partial charge < -0.3 is 5.32 Å². The van der Waals surface area contributed by atoms with Crippen LogP contribution < -0.4 is 5.32 Å². The van der Waals surface area contributed by atoms with Crippen LogP contribution in [-0.2, 0) is 6.42 Å². The summed E-state index contributed by atoms with van der Waals surface area (Å²) in [5.41, 5.74) is 3.06. The van der Waals surface area contributed by atoms with Gasteiger partial charge in [0.05, 0.1) is 0 Å². The number of nitrogens with one attached hydrogen (secondary N) is 1. The van der Waals surface area contributed by atoms with Gasteiger partial charge in [-0.1, -0.05) is 54.8 Å². The molecule has 3 rings (SSSR count). The Morgan fingerprint density at radius 2 is 1.95 bits per heavy atom. The number of rotatable bonds is 3. The fourth-order valence-electron chi connectivity index (χ4n) is 4.21. The van der Waals surface area contributed by atoms with E-state index in [0.717, 1.165) is 17.9 Å². The largest absolute Gasteiger partial charge is 0.307 e. The first-order valence-corrected chi connectivity index (χ1v) is 8.99. The molecule has 0 radical (unpaired) electrons. The molecule has 1 fully saturated rings. The molecule has 1 N–H and O–H groups in total. The van der Waals surface area contributed by atoms with Gasteiger partial charge in [0, 0.05) is 16.6 Å². The van der Waals surface area contributed by atoms with Crippen LogP contribution in [0.1, 0.15) is 63.1 Å². The maximum Gasteiger partial charge on any atom is 0.0329 e. The third kappa shape index (κ3) is 2.82. The van der Waals surface area contributed by atoms with Crippen LogP contribution in [0.25, 0.3) is 0 Å². The van der Waals surface area contributed by atoms with Crippen molar-refractivity contribution in [2.24, 2.45) is 11.8 Å². The van der Waals surface area contributed by atoms with Crippen molar-refractivity contribution >= 4 is 15.9 Å². The lowest BCUT2D eigenvalue weighted by Crippen LogP contribution is -2.42. The summed E-state index contributed by atoms with van der Waals surface area (Å²) in [7, 11) is 0. The first kappa shape index (κ1) is 14.6. The summed E-state index contributed by atoms with van der Waals surface area (Å²) in [5, 5.41) is 4.01. The predicted molar refractivity (Wildman–Crippen MR) is 88.9 cm³/mol. The number of fused-ring (bicyclic) bond motifs is 1. The standard InChI is InChI=1S/C18H26BrN/c1-12(2)13-6-3-4-9-17(13)20-18-11-10-14-15(18)7-5-8-16(14)19/h5,7-8,12-13,17-18,20H,3-4,6,9-11H2,1-2H3. The van der Waals surface area contributed by atoms with Crippen LogP contribution in [0.5, 0.6) is 0 Å². The van der Waals surface area contributed by atoms with Gasteiger partial charge in [0.1, 0.15) is 0 Å². The average Bonchev–Trinajstić information content (AvgIpc) is 2.84. The lowest BCUT2D eigenvalue weighted by atomic mass is 9.77. The molecule has 0 heterocycles. The van der Waals surface area contributed by atoms with Crippen LogP contribution in [0.2, 0.25) is 0 Å². The van der Waals surface area contributed by atoms with Crippen LogP contribution in [-0.4, -0.2) is 6.04 Å². The van der Waals surface area contributed by atoms with Crippen molar-refractivity contribution in [1.29, 1.82) is 0 Å². The molecule has 1 saturated carbocycles. The minimum atomic E-state index is 0.576. The highest BCUT2D eigenvalue weighted by molar-refractivity contribution is 9.10. The fraction of sp³-hybridized carbons (Fsp3) is 0.667. The molecule has 0 aliphatic heterocycles. The molecule has 0 amide bonds. The number of hydrogen-bond acceptors (Lipinski definition) is 1. The van der Waals surface area contributed by atoms with Crippen molar-refractivity contribution in [3.8, 4) is 0 Å². The minimum Gasteiger partial charge on any atom is -0.307 e. The molecule has 3 atom stereocenters. The highest BCUT2D eigenvalue weighted by atomic mass is 79.9. The van der Waals surface area contributed by atoms with Crippen molar-refractivity contribution in [1.82, 2.24) is 5.32 Å². The summed E-state index contributed by atoms with van der Waals surface area (Å²) in [6.45, 7) is 4.79. The van der Waals surface area contributed by atoms with E-state index in [1.807, 2.05) is 0 Å². The molecule has 0 aromatic heterocycles. The molecule has 1 nitrogen and oxygen atoms in total. The van der Waals surface area contributed by atoms with E-state index < -0.39 is 0 Å². The number of halogens is 1. The first-order chi connectivity index (χ1) is 9.66. The summed E-state index contributed by atoms with van der Waals surface area (Å²) < 4.78 is 1.29. The van der Waals surface area contributed by atoms with E-state index in [2.05, 4.69) is 53.3 Å². The van der Waals surface area contributed by atoms with Crippen molar-refractivity contribution in [2.75, 3.05) is 0 Å². The SMILES string of the molecule is CC(C)C1CCCCC1NC1CCc2c(Br)cccc21. The van der Waals surface area contributed by atoms with Gasteiger partial charge in [0.25, 0.3) is 0 Å². The molecule has 2 heteroatoms. The minimum absolute atomic E-state index is 0.576. The van der Waals surface area contributed by atoms with Gasteiger partial charge in [-0.05, 0) is 54.7 Å². The maximum atomic E-state index is 4.01. The van der Waals surface area contributed by atoms with Gasteiger partial charge in [-0.15, -0.1) is 0 Å². The van der Waals surface area contributed by atoms with Gasteiger partial charge in [-0.25, -0.2) is 0 Å². The van der Waals surface area contributed by atoms with E-state index in [-0.39, 0.29) is 0 Å². The van der Waals surface area contributed by atoms with Gasteiger partial charge in [-0.3, -0.25) is 0 Å². The van der Waals surface area contributed by atoms with Crippen LogP contribution >= 0.6 is 15.9 Å². The molecule has 0 spiro atoms. The molecule has 1 aromatic carbocycles. The van der Waals surface area contributed by atoms with E-state index in [4.69, 9.17) is 0 Å². The van der Waals surface area contributed by atoms with Crippen LogP contribution in [0.4, 0.5) is 0 Å². The van der Waals surface area contributed by atoms with Crippen LogP contribution in [0.3, 0.4) is 0 Å². The fourth-order valence-corrected chi connectivity index (χ4v) is 4.79. The molecule has 0 saturated heterocycles. The third-order valence-corrected chi connectivity index (χ3v) is 6.05. The Balaban J connectivity index is 1.74. The quantitative estimate of drug-likeness (QED) is 0.796. The molecule has 3 unspecified atom stereocenters. The molecular formula is C18H26BrN. The third-order valence-electron chi connectivity index (χ3n) is 5.30. The molecule has 110 valence electrons.